The molecule has 132 valence electrons. The third-order valence-corrected chi connectivity index (χ3v) is 5.95. The summed E-state index contributed by atoms with van der Waals surface area (Å²) in [7, 11) is 0. The highest BCUT2D eigenvalue weighted by Gasteiger charge is 2.38. The van der Waals surface area contributed by atoms with Gasteiger partial charge in [-0.15, -0.1) is 0 Å². The first kappa shape index (κ1) is 16.7. The maximum Gasteiger partial charge on any atom is 0.228 e. The Hall–Kier alpha value is -2.73. The number of nitrogens with zero attached hydrogens (tertiary/aromatic N) is 1. The Bertz CT molecular complexity index is 894. The maximum absolute atomic E-state index is 12.7. The topological polar surface area (TPSA) is 77.9 Å². The van der Waals surface area contributed by atoms with Gasteiger partial charge < -0.3 is 16.0 Å². The van der Waals surface area contributed by atoms with Gasteiger partial charge in [0.2, 0.25) is 5.91 Å². The van der Waals surface area contributed by atoms with E-state index in [2.05, 4.69) is 33.8 Å². The van der Waals surface area contributed by atoms with Gasteiger partial charge >= 0.3 is 0 Å². The van der Waals surface area contributed by atoms with E-state index < -0.39 is 0 Å². The van der Waals surface area contributed by atoms with E-state index in [0.29, 0.717) is 11.6 Å². The van der Waals surface area contributed by atoms with E-state index in [1.54, 1.807) is 6.20 Å². The van der Waals surface area contributed by atoms with Crippen LogP contribution >= 0.6 is 11.3 Å². The number of anilines is 1. The second-order valence-electron chi connectivity index (χ2n) is 6.56. The van der Waals surface area contributed by atoms with Crippen molar-refractivity contribution in [3.8, 4) is 0 Å². The zero-order chi connectivity index (χ0) is 17.9. The molecule has 2 aliphatic carbocycles. The number of carbonyl (C=O) groups is 1. The van der Waals surface area contributed by atoms with Crippen LogP contribution in [0.3, 0.4) is 0 Å². The standard InChI is InChI=1S/C20H20N4OS/c21-11-14(12-22-20-24-17-7-3-4-8-18(17)26-20)23-19(25)16-10-9-13-5-1-2-6-15(13)16/h1-8,11-13,15-16,21H,9-10H2,(H,22,24)(H,23,25)/b14-12+,21-11?/t13?,15?,16-/m1/s1. The number of aromatic nitrogens is 1. The summed E-state index contributed by atoms with van der Waals surface area (Å²) in [6.07, 6.45) is 13.1. The Kier molecular flexibility index (Phi) is 4.67. The van der Waals surface area contributed by atoms with E-state index in [1.165, 1.54) is 11.3 Å². The molecule has 0 bridgehead atoms. The Balaban J connectivity index is 1.43. The lowest BCUT2D eigenvalue weighted by Crippen LogP contribution is -2.33. The first-order chi connectivity index (χ1) is 12.7. The van der Waals surface area contributed by atoms with Crippen molar-refractivity contribution < 1.29 is 4.79 Å². The summed E-state index contributed by atoms with van der Waals surface area (Å²) in [5, 5.41) is 14.3. The molecule has 26 heavy (non-hydrogen) atoms. The second kappa shape index (κ2) is 7.25. The van der Waals surface area contributed by atoms with Crippen LogP contribution in [-0.4, -0.2) is 17.1 Å². The number of nitrogens with one attached hydrogen (secondary N) is 3. The van der Waals surface area contributed by atoms with Crippen molar-refractivity contribution in [1.29, 1.82) is 5.41 Å². The first-order valence-electron chi connectivity index (χ1n) is 8.73. The monoisotopic (exact) mass is 364 g/mol. The van der Waals surface area contributed by atoms with Crippen molar-refractivity contribution in [3.05, 3.63) is 60.5 Å². The number of allylic oxidation sites excluding steroid dienone is 5. The summed E-state index contributed by atoms with van der Waals surface area (Å²) in [5.74, 6) is 0.679. The number of thiazole rings is 1. The predicted octanol–water partition coefficient (Wildman–Crippen LogP) is 4.08. The van der Waals surface area contributed by atoms with Crippen molar-refractivity contribution in [2.75, 3.05) is 5.32 Å². The fraction of sp³-hybridized carbons (Fsp3) is 0.250. The zero-order valence-electron chi connectivity index (χ0n) is 14.2. The lowest BCUT2D eigenvalue weighted by molar-refractivity contribution is -0.124. The highest BCUT2D eigenvalue weighted by atomic mass is 32.1. The molecule has 1 saturated carbocycles. The van der Waals surface area contributed by atoms with Gasteiger partial charge in [-0.2, -0.15) is 0 Å². The van der Waals surface area contributed by atoms with Crippen LogP contribution in [0.4, 0.5) is 5.13 Å². The molecule has 0 radical (unpaired) electrons. The normalized spacial score (nSPS) is 24.5. The zero-order valence-corrected chi connectivity index (χ0v) is 15.0. The molecule has 6 heteroatoms. The lowest BCUT2D eigenvalue weighted by Gasteiger charge is -2.21. The van der Waals surface area contributed by atoms with Gasteiger partial charge in [-0.3, -0.25) is 4.79 Å². The minimum atomic E-state index is -0.0352. The first-order valence-corrected chi connectivity index (χ1v) is 9.55. The Morgan fingerprint density at radius 2 is 2.08 bits per heavy atom. The van der Waals surface area contributed by atoms with Gasteiger partial charge in [-0.25, -0.2) is 4.98 Å². The summed E-state index contributed by atoms with van der Waals surface area (Å²) in [5.41, 5.74) is 1.37. The van der Waals surface area contributed by atoms with Crippen LogP contribution in [0.5, 0.6) is 0 Å². The minimum Gasteiger partial charge on any atom is -0.336 e. The molecule has 5 nitrogen and oxygen atoms in total. The largest absolute Gasteiger partial charge is 0.336 e. The summed E-state index contributed by atoms with van der Waals surface area (Å²) in [6.45, 7) is 0. The van der Waals surface area contributed by atoms with Crippen molar-refractivity contribution in [3.63, 3.8) is 0 Å². The van der Waals surface area contributed by atoms with Gasteiger partial charge in [-0.1, -0.05) is 47.8 Å². The summed E-state index contributed by atoms with van der Waals surface area (Å²) in [4.78, 5) is 17.2. The second-order valence-corrected chi connectivity index (χ2v) is 7.59. The van der Waals surface area contributed by atoms with E-state index in [4.69, 9.17) is 5.41 Å². The molecule has 0 saturated heterocycles. The van der Waals surface area contributed by atoms with Gasteiger partial charge in [0.05, 0.1) is 15.9 Å². The highest BCUT2D eigenvalue weighted by molar-refractivity contribution is 7.22. The molecule has 1 amide bonds. The molecule has 2 unspecified atom stereocenters. The Labute approximate surface area is 156 Å². The molecular weight excluding hydrogens is 344 g/mol. The van der Waals surface area contributed by atoms with Crippen LogP contribution in [-0.2, 0) is 4.79 Å². The molecule has 2 aromatic rings. The van der Waals surface area contributed by atoms with Gasteiger partial charge in [0.25, 0.3) is 0 Å². The van der Waals surface area contributed by atoms with Crippen LogP contribution in [0.1, 0.15) is 12.8 Å². The third-order valence-electron chi connectivity index (χ3n) is 4.98. The summed E-state index contributed by atoms with van der Waals surface area (Å²) < 4.78 is 1.10. The number of rotatable bonds is 5. The Morgan fingerprint density at radius 1 is 1.23 bits per heavy atom. The van der Waals surface area contributed by atoms with Crippen LogP contribution < -0.4 is 10.6 Å². The quantitative estimate of drug-likeness (QED) is 0.700. The molecule has 1 fully saturated rings. The van der Waals surface area contributed by atoms with E-state index in [-0.39, 0.29) is 17.7 Å². The van der Waals surface area contributed by atoms with E-state index in [0.717, 1.165) is 34.4 Å². The lowest BCUT2D eigenvalue weighted by atomic mass is 9.86. The van der Waals surface area contributed by atoms with Crippen molar-refractivity contribution in [2.24, 2.45) is 17.8 Å². The smallest absolute Gasteiger partial charge is 0.228 e. The highest BCUT2D eigenvalue weighted by Crippen LogP contribution is 2.40. The number of carbonyl (C=O) groups excluding carboxylic acids is 1. The van der Waals surface area contributed by atoms with Gasteiger partial charge in [0, 0.05) is 18.3 Å². The molecular formula is C20H20N4OS. The van der Waals surface area contributed by atoms with Crippen LogP contribution in [0, 0.1) is 23.2 Å². The summed E-state index contributed by atoms with van der Waals surface area (Å²) in [6, 6.07) is 7.91. The number of benzene rings is 1. The number of para-hydroxylation sites is 1. The third kappa shape index (κ3) is 3.32. The molecule has 0 spiro atoms. The maximum atomic E-state index is 12.7. The molecule has 3 N–H and O–H groups in total. The minimum absolute atomic E-state index is 0.0155. The average Bonchev–Trinajstić information content (AvgIpc) is 3.28. The van der Waals surface area contributed by atoms with Gasteiger partial charge in [0.1, 0.15) is 0 Å². The van der Waals surface area contributed by atoms with Crippen molar-refractivity contribution in [2.45, 2.75) is 12.8 Å². The number of fused-ring (bicyclic) bond motifs is 2. The van der Waals surface area contributed by atoms with Crippen molar-refractivity contribution in [1.82, 2.24) is 10.3 Å². The van der Waals surface area contributed by atoms with Crippen LogP contribution in [0.2, 0.25) is 0 Å². The van der Waals surface area contributed by atoms with Crippen molar-refractivity contribution >= 4 is 38.8 Å². The molecule has 1 heterocycles. The van der Waals surface area contributed by atoms with Crippen LogP contribution in [0.15, 0.2) is 60.5 Å². The summed E-state index contributed by atoms with van der Waals surface area (Å²) >= 11 is 1.54. The Morgan fingerprint density at radius 3 is 2.92 bits per heavy atom. The molecule has 0 aliphatic heterocycles. The molecule has 1 aromatic carbocycles. The SMILES string of the molecule is N=C/C(=C\Nc1nc2ccccc2s1)NC(=O)[C@@H]1CCC2C=CC=CC21. The number of amides is 1. The molecule has 3 atom stereocenters. The van der Waals surface area contributed by atoms with E-state index >= 15 is 0 Å². The van der Waals surface area contributed by atoms with Crippen LogP contribution in [0.25, 0.3) is 10.2 Å². The fourth-order valence-electron chi connectivity index (χ4n) is 3.68. The van der Waals surface area contributed by atoms with E-state index in [9.17, 15) is 4.79 Å². The van der Waals surface area contributed by atoms with E-state index in [1.807, 2.05) is 30.3 Å². The average molecular weight is 364 g/mol. The molecule has 1 aromatic heterocycles. The van der Waals surface area contributed by atoms with Gasteiger partial charge in [0.15, 0.2) is 5.13 Å². The number of hydrogen-bond donors (Lipinski definition) is 3. The fourth-order valence-corrected chi connectivity index (χ4v) is 4.52. The van der Waals surface area contributed by atoms with Gasteiger partial charge in [-0.05, 0) is 36.8 Å². The molecule has 2 aliphatic rings. The molecule has 4 rings (SSSR count). The number of hydrogen-bond acceptors (Lipinski definition) is 5. The predicted molar refractivity (Wildman–Crippen MR) is 106 cm³/mol.